The van der Waals surface area contributed by atoms with Gasteiger partial charge >= 0.3 is 0 Å². The number of carbonyl (C=O) groups excluding carboxylic acids is 2. The molecular formula is C38H47ClN4O4. The Bertz CT molecular complexity index is 1570. The van der Waals surface area contributed by atoms with Crippen LogP contribution in [0.15, 0.2) is 60.7 Å². The van der Waals surface area contributed by atoms with Crippen molar-refractivity contribution in [3.63, 3.8) is 0 Å². The first kappa shape index (κ1) is 33.2. The molecule has 2 fully saturated rings. The Hall–Kier alpha value is -3.75. The third-order valence-electron chi connectivity index (χ3n) is 10.1. The zero-order chi connectivity index (χ0) is 33.2. The van der Waals surface area contributed by atoms with Crippen LogP contribution in [0.3, 0.4) is 0 Å². The quantitative estimate of drug-likeness (QED) is 0.268. The molecule has 3 aromatic carbocycles. The van der Waals surface area contributed by atoms with Crippen molar-refractivity contribution < 1.29 is 19.1 Å². The zero-order valence-corrected chi connectivity index (χ0v) is 28.9. The van der Waals surface area contributed by atoms with Crippen LogP contribution in [0, 0.1) is 5.92 Å². The molecule has 2 unspecified atom stereocenters. The smallest absolute Gasteiger partial charge is 0.236 e. The summed E-state index contributed by atoms with van der Waals surface area (Å²) in [5.41, 5.74) is 4.79. The van der Waals surface area contributed by atoms with Crippen molar-refractivity contribution in [3.05, 3.63) is 82.4 Å². The molecule has 47 heavy (non-hydrogen) atoms. The van der Waals surface area contributed by atoms with Gasteiger partial charge in [0.1, 0.15) is 0 Å². The number of nitrogens with zero attached hydrogens (tertiary/aromatic N) is 3. The van der Waals surface area contributed by atoms with Crippen LogP contribution in [0.2, 0.25) is 5.02 Å². The highest BCUT2D eigenvalue weighted by Gasteiger charge is 2.36. The van der Waals surface area contributed by atoms with Crippen LogP contribution >= 0.6 is 11.6 Å². The molecule has 2 aliphatic heterocycles. The molecule has 1 saturated carbocycles. The van der Waals surface area contributed by atoms with Crippen molar-refractivity contribution in [2.45, 2.75) is 77.1 Å². The van der Waals surface area contributed by atoms with Gasteiger partial charge in [-0.15, -0.1) is 0 Å². The Morgan fingerprint density at radius 2 is 1.57 bits per heavy atom. The summed E-state index contributed by atoms with van der Waals surface area (Å²) >= 11 is 6.28. The molecule has 6 rings (SSSR count). The van der Waals surface area contributed by atoms with Crippen LogP contribution in [0.25, 0.3) is 0 Å². The number of carbonyl (C=O) groups is 2. The van der Waals surface area contributed by atoms with E-state index in [1.54, 1.807) is 7.11 Å². The summed E-state index contributed by atoms with van der Waals surface area (Å²) in [4.78, 5) is 32.3. The van der Waals surface area contributed by atoms with E-state index >= 15 is 0 Å². The predicted molar refractivity (Wildman–Crippen MR) is 188 cm³/mol. The van der Waals surface area contributed by atoms with Crippen molar-refractivity contribution in [2.24, 2.45) is 5.92 Å². The lowest BCUT2D eigenvalue weighted by atomic mass is 9.81. The number of benzene rings is 3. The Morgan fingerprint density at radius 3 is 2.21 bits per heavy atom. The van der Waals surface area contributed by atoms with E-state index in [2.05, 4.69) is 29.3 Å². The lowest BCUT2D eigenvalue weighted by Crippen LogP contribution is -2.53. The molecule has 0 aromatic heterocycles. The van der Waals surface area contributed by atoms with Gasteiger partial charge in [-0.25, -0.2) is 0 Å². The maximum Gasteiger partial charge on any atom is 0.236 e. The number of methoxy groups -OCH3 is 1. The number of ether oxygens (including phenoxy) is 2. The second-order valence-corrected chi connectivity index (χ2v) is 14.0. The molecular weight excluding hydrogens is 612 g/mol. The Labute approximate surface area is 284 Å². The molecule has 2 amide bonds. The average molecular weight is 659 g/mol. The fraction of sp³-hybridized carbons (Fsp3) is 0.474. The van der Waals surface area contributed by atoms with Crippen LogP contribution in [0.5, 0.6) is 11.5 Å². The molecule has 1 aliphatic carbocycles. The number of anilines is 2. The number of hydrogen-bond acceptors (Lipinski definition) is 6. The van der Waals surface area contributed by atoms with E-state index in [0.29, 0.717) is 41.1 Å². The summed E-state index contributed by atoms with van der Waals surface area (Å²) in [5.74, 6) is 2.11. The summed E-state index contributed by atoms with van der Waals surface area (Å²) in [5, 5.41) is 4.39. The van der Waals surface area contributed by atoms with Crippen LogP contribution in [0.4, 0.5) is 11.4 Å². The normalized spacial score (nSPS) is 22.7. The van der Waals surface area contributed by atoms with E-state index in [1.807, 2.05) is 79.2 Å². The SMILES string of the molecule is COc1cc2c(cc1OC(C)C)C(c1ccc(Cl)cc1)N(c1ccc(NC(C)C3CCC(N4CCN(C)C(=O)C4)CC3)cc1)C(=O)C2. The Kier molecular flexibility index (Phi) is 9.99. The number of rotatable bonds is 9. The molecule has 2 heterocycles. The van der Waals surface area contributed by atoms with Crippen LogP contribution < -0.4 is 19.7 Å². The highest BCUT2D eigenvalue weighted by Crippen LogP contribution is 2.44. The number of piperazine rings is 1. The van der Waals surface area contributed by atoms with Gasteiger partial charge < -0.3 is 24.6 Å². The number of hydrogen-bond donors (Lipinski definition) is 1. The van der Waals surface area contributed by atoms with Crippen molar-refractivity contribution >= 4 is 34.8 Å². The van der Waals surface area contributed by atoms with Gasteiger partial charge in [0.05, 0.1) is 32.2 Å². The average Bonchev–Trinajstić information content (AvgIpc) is 3.06. The Balaban J connectivity index is 1.19. The minimum Gasteiger partial charge on any atom is -0.493 e. The molecule has 8 nitrogen and oxygen atoms in total. The van der Waals surface area contributed by atoms with Crippen LogP contribution in [-0.2, 0) is 16.0 Å². The molecule has 3 aromatic rings. The highest BCUT2D eigenvalue weighted by molar-refractivity contribution is 6.30. The summed E-state index contributed by atoms with van der Waals surface area (Å²) in [6, 6.07) is 20.4. The first-order valence-electron chi connectivity index (χ1n) is 16.9. The molecule has 0 radical (unpaired) electrons. The molecule has 2 atom stereocenters. The van der Waals surface area contributed by atoms with Gasteiger partial charge in [0.25, 0.3) is 0 Å². The lowest BCUT2D eigenvalue weighted by molar-refractivity contribution is -0.135. The van der Waals surface area contributed by atoms with E-state index < -0.39 is 0 Å². The monoisotopic (exact) mass is 658 g/mol. The minimum atomic E-state index is -0.354. The Morgan fingerprint density at radius 1 is 0.872 bits per heavy atom. The van der Waals surface area contributed by atoms with Crippen molar-refractivity contribution in [1.82, 2.24) is 9.80 Å². The predicted octanol–water partition coefficient (Wildman–Crippen LogP) is 6.95. The van der Waals surface area contributed by atoms with Crippen molar-refractivity contribution in [1.29, 1.82) is 0 Å². The van der Waals surface area contributed by atoms with E-state index in [1.165, 1.54) is 0 Å². The molecule has 9 heteroatoms. The van der Waals surface area contributed by atoms with E-state index in [0.717, 1.165) is 66.8 Å². The largest absolute Gasteiger partial charge is 0.493 e. The number of nitrogens with one attached hydrogen (secondary N) is 1. The van der Waals surface area contributed by atoms with Crippen LogP contribution in [0.1, 0.15) is 69.2 Å². The zero-order valence-electron chi connectivity index (χ0n) is 28.2. The first-order valence-corrected chi connectivity index (χ1v) is 17.3. The van der Waals surface area contributed by atoms with Crippen molar-refractivity contribution in [3.8, 4) is 11.5 Å². The topological polar surface area (TPSA) is 74.4 Å². The fourth-order valence-electron chi connectivity index (χ4n) is 7.48. The van der Waals surface area contributed by atoms with Crippen LogP contribution in [-0.4, -0.2) is 73.6 Å². The van der Waals surface area contributed by atoms with Gasteiger partial charge in [-0.05, 0) is 118 Å². The standard InChI is InChI=1S/C38H47ClN4O4/c1-24(2)47-35-22-33-28(20-34(35)46-5)21-36(44)43(38(33)27-6-10-29(39)11-7-27)32-16-12-30(13-17-32)40-25(3)26-8-14-31(15-9-26)42-19-18-41(4)37(45)23-42/h6-7,10-13,16-17,20,22,24-26,31,38,40H,8-9,14-15,18-19,21,23H2,1-5H3. The van der Waals surface area contributed by atoms with Gasteiger partial charge in [0.15, 0.2) is 11.5 Å². The molecule has 1 N–H and O–H groups in total. The molecule has 250 valence electrons. The lowest BCUT2D eigenvalue weighted by Gasteiger charge is -2.41. The summed E-state index contributed by atoms with van der Waals surface area (Å²) in [6.45, 7) is 8.60. The van der Waals surface area contributed by atoms with E-state index in [4.69, 9.17) is 21.1 Å². The van der Waals surface area contributed by atoms with Gasteiger partial charge in [0.2, 0.25) is 11.8 Å². The van der Waals surface area contributed by atoms with E-state index in [9.17, 15) is 9.59 Å². The van der Waals surface area contributed by atoms with Gasteiger partial charge in [-0.3, -0.25) is 14.5 Å². The molecule has 0 spiro atoms. The maximum atomic E-state index is 13.9. The second-order valence-electron chi connectivity index (χ2n) is 13.6. The molecule has 1 saturated heterocycles. The molecule has 0 bridgehead atoms. The third-order valence-corrected chi connectivity index (χ3v) is 10.4. The van der Waals surface area contributed by atoms with Gasteiger partial charge in [-0.2, -0.15) is 0 Å². The van der Waals surface area contributed by atoms with Gasteiger partial charge in [0, 0.05) is 48.6 Å². The van der Waals surface area contributed by atoms with E-state index in [-0.39, 0.29) is 30.4 Å². The van der Waals surface area contributed by atoms with Gasteiger partial charge in [-0.1, -0.05) is 23.7 Å². The summed E-state index contributed by atoms with van der Waals surface area (Å²) < 4.78 is 11.8. The summed E-state index contributed by atoms with van der Waals surface area (Å²) in [7, 11) is 3.52. The number of amides is 2. The number of likely N-dealkylation sites (N-methyl/N-ethyl adjacent to an activating group) is 1. The first-order chi connectivity index (χ1) is 22.6. The number of halogens is 1. The summed E-state index contributed by atoms with van der Waals surface area (Å²) in [6.07, 6.45) is 4.79. The minimum absolute atomic E-state index is 0.0184. The number of fused-ring (bicyclic) bond motifs is 1. The second kappa shape index (κ2) is 14.2. The van der Waals surface area contributed by atoms with Crippen molar-refractivity contribution in [2.75, 3.05) is 44.0 Å². The third kappa shape index (κ3) is 7.24. The maximum absolute atomic E-state index is 13.9. The molecule has 3 aliphatic rings. The fourth-order valence-corrected chi connectivity index (χ4v) is 7.61. The highest BCUT2D eigenvalue weighted by atomic mass is 35.5.